The Morgan fingerprint density at radius 1 is 1.43 bits per heavy atom. The molecular formula is C14H13N5OS. The highest BCUT2D eigenvalue weighted by Gasteiger charge is 2.15. The third-order valence-electron chi connectivity index (χ3n) is 3.01. The topological polar surface area (TPSA) is 96.7 Å². The van der Waals surface area contributed by atoms with Gasteiger partial charge in [-0.3, -0.25) is 9.89 Å². The van der Waals surface area contributed by atoms with Crippen molar-refractivity contribution in [2.75, 3.05) is 11.1 Å². The summed E-state index contributed by atoms with van der Waals surface area (Å²) in [5.74, 6) is -0.340. The fourth-order valence-electron chi connectivity index (χ4n) is 1.90. The summed E-state index contributed by atoms with van der Waals surface area (Å²) < 4.78 is 0. The van der Waals surface area contributed by atoms with Crippen LogP contribution in [0.25, 0.3) is 10.6 Å². The first kappa shape index (κ1) is 13.3. The maximum absolute atomic E-state index is 12.2. The van der Waals surface area contributed by atoms with Gasteiger partial charge in [-0.15, -0.1) is 11.3 Å². The molecule has 0 unspecified atom stereocenters. The summed E-state index contributed by atoms with van der Waals surface area (Å²) >= 11 is 1.54. The van der Waals surface area contributed by atoms with E-state index in [0.717, 1.165) is 10.6 Å². The van der Waals surface area contributed by atoms with Gasteiger partial charge in [0, 0.05) is 22.8 Å². The molecule has 21 heavy (non-hydrogen) atoms. The molecule has 1 aromatic carbocycles. The van der Waals surface area contributed by atoms with E-state index in [9.17, 15) is 4.79 Å². The number of benzene rings is 1. The molecule has 0 saturated heterocycles. The van der Waals surface area contributed by atoms with Crippen LogP contribution < -0.4 is 11.1 Å². The van der Waals surface area contributed by atoms with Gasteiger partial charge in [0.2, 0.25) is 0 Å². The Morgan fingerprint density at radius 3 is 2.95 bits per heavy atom. The number of carbonyl (C=O) groups excluding carboxylic acids is 1. The summed E-state index contributed by atoms with van der Waals surface area (Å²) in [7, 11) is 0. The van der Waals surface area contributed by atoms with E-state index in [1.807, 2.05) is 29.6 Å². The molecule has 0 bridgehead atoms. The van der Waals surface area contributed by atoms with Crippen molar-refractivity contribution in [2.24, 2.45) is 0 Å². The van der Waals surface area contributed by atoms with Crippen LogP contribution in [0.2, 0.25) is 0 Å². The molecule has 0 atom stereocenters. The zero-order valence-electron chi connectivity index (χ0n) is 11.3. The molecule has 1 amide bonds. The number of nitrogens with one attached hydrogen (secondary N) is 2. The number of nitrogens with zero attached hydrogens (tertiary/aromatic N) is 2. The van der Waals surface area contributed by atoms with Crippen molar-refractivity contribution in [1.82, 2.24) is 15.2 Å². The van der Waals surface area contributed by atoms with Crippen LogP contribution in [0.5, 0.6) is 0 Å². The number of nitrogen functional groups attached to an aromatic ring is 1. The van der Waals surface area contributed by atoms with Gasteiger partial charge in [-0.25, -0.2) is 4.98 Å². The van der Waals surface area contributed by atoms with Crippen molar-refractivity contribution in [3.05, 3.63) is 47.2 Å². The smallest absolute Gasteiger partial charge is 0.278 e. The van der Waals surface area contributed by atoms with E-state index < -0.39 is 0 Å². The van der Waals surface area contributed by atoms with Gasteiger partial charge in [0.05, 0.1) is 11.4 Å². The monoisotopic (exact) mass is 299 g/mol. The first-order valence-corrected chi connectivity index (χ1v) is 7.15. The molecule has 6 nitrogen and oxygen atoms in total. The van der Waals surface area contributed by atoms with Gasteiger partial charge in [0.25, 0.3) is 5.91 Å². The number of nitrogens with two attached hydrogens (primary N) is 1. The van der Waals surface area contributed by atoms with E-state index in [2.05, 4.69) is 20.5 Å². The summed E-state index contributed by atoms with van der Waals surface area (Å²) in [5, 5.41) is 12.2. The number of carbonyl (C=O) groups is 1. The highest BCUT2D eigenvalue weighted by atomic mass is 32.1. The summed E-state index contributed by atoms with van der Waals surface area (Å²) in [6.07, 6.45) is 1.75. The van der Waals surface area contributed by atoms with Crippen LogP contribution in [0, 0.1) is 6.92 Å². The van der Waals surface area contributed by atoms with Gasteiger partial charge in [-0.1, -0.05) is 12.1 Å². The Hall–Kier alpha value is -2.67. The van der Waals surface area contributed by atoms with Gasteiger partial charge in [0.15, 0.2) is 5.69 Å². The molecule has 0 fully saturated rings. The van der Waals surface area contributed by atoms with E-state index in [1.165, 1.54) is 0 Å². The number of aromatic amines is 1. The molecule has 4 N–H and O–H groups in total. The SMILES string of the molecule is Cc1[nH]nc(C(=O)Nc2cccc(-c3nccs3)c2)c1N. The third-order valence-corrected chi connectivity index (χ3v) is 3.83. The molecule has 0 spiro atoms. The molecular weight excluding hydrogens is 286 g/mol. The summed E-state index contributed by atoms with van der Waals surface area (Å²) in [5.41, 5.74) is 8.67. The number of H-pyrrole nitrogens is 1. The minimum absolute atomic E-state index is 0.201. The van der Waals surface area contributed by atoms with E-state index >= 15 is 0 Å². The molecule has 0 aliphatic heterocycles. The molecule has 0 saturated carbocycles. The lowest BCUT2D eigenvalue weighted by molar-refractivity contribution is 0.102. The third kappa shape index (κ3) is 2.63. The molecule has 3 rings (SSSR count). The number of aromatic nitrogens is 3. The van der Waals surface area contributed by atoms with Gasteiger partial charge >= 0.3 is 0 Å². The molecule has 2 heterocycles. The Balaban J connectivity index is 1.84. The molecule has 0 aliphatic carbocycles. The molecule has 106 valence electrons. The normalized spacial score (nSPS) is 10.5. The van der Waals surface area contributed by atoms with Crippen LogP contribution in [0.15, 0.2) is 35.8 Å². The van der Waals surface area contributed by atoms with Crippen molar-refractivity contribution in [3.8, 4) is 10.6 Å². The highest BCUT2D eigenvalue weighted by molar-refractivity contribution is 7.13. The summed E-state index contributed by atoms with van der Waals surface area (Å²) in [6.45, 7) is 1.77. The zero-order valence-corrected chi connectivity index (χ0v) is 12.1. The number of hydrogen-bond acceptors (Lipinski definition) is 5. The van der Waals surface area contributed by atoms with E-state index in [4.69, 9.17) is 5.73 Å². The summed E-state index contributed by atoms with van der Waals surface area (Å²) in [4.78, 5) is 16.4. The van der Waals surface area contributed by atoms with Crippen LogP contribution in [-0.4, -0.2) is 21.1 Å². The van der Waals surface area contributed by atoms with E-state index in [0.29, 0.717) is 17.1 Å². The fraction of sp³-hybridized carbons (Fsp3) is 0.0714. The first-order valence-electron chi connectivity index (χ1n) is 6.27. The lowest BCUT2D eigenvalue weighted by Crippen LogP contribution is -2.14. The van der Waals surface area contributed by atoms with Crippen molar-refractivity contribution in [3.63, 3.8) is 0 Å². The van der Waals surface area contributed by atoms with Gasteiger partial charge in [-0.2, -0.15) is 5.10 Å². The van der Waals surface area contributed by atoms with Crippen molar-refractivity contribution in [1.29, 1.82) is 0 Å². The Bertz CT molecular complexity index is 779. The van der Waals surface area contributed by atoms with E-state index in [-0.39, 0.29) is 11.6 Å². The zero-order chi connectivity index (χ0) is 14.8. The van der Waals surface area contributed by atoms with Crippen molar-refractivity contribution < 1.29 is 4.79 Å². The average molecular weight is 299 g/mol. The van der Waals surface area contributed by atoms with Crippen LogP contribution in [-0.2, 0) is 0 Å². The van der Waals surface area contributed by atoms with Gasteiger partial charge in [-0.05, 0) is 19.1 Å². The van der Waals surface area contributed by atoms with Crippen molar-refractivity contribution in [2.45, 2.75) is 6.92 Å². The number of hydrogen-bond donors (Lipinski definition) is 3. The van der Waals surface area contributed by atoms with Crippen LogP contribution >= 0.6 is 11.3 Å². The standard InChI is InChI=1S/C14H13N5OS/c1-8-11(15)12(19-18-8)13(20)17-10-4-2-3-9(7-10)14-16-5-6-21-14/h2-7H,15H2,1H3,(H,17,20)(H,18,19). The maximum Gasteiger partial charge on any atom is 0.278 e. The Labute approximate surface area is 125 Å². The predicted molar refractivity (Wildman–Crippen MR) is 83.2 cm³/mol. The lowest BCUT2D eigenvalue weighted by Gasteiger charge is -2.05. The second-order valence-corrected chi connectivity index (χ2v) is 5.38. The Morgan fingerprint density at radius 2 is 2.29 bits per heavy atom. The second-order valence-electron chi connectivity index (χ2n) is 4.48. The second kappa shape index (κ2) is 5.37. The summed E-state index contributed by atoms with van der Waals surface area (Å²) in [6, 6.07) is 7.49. The van der Waals surface area contributed by atoms with Gasteiger partial charge < -0.3 is 11.1 Å². The number of thiazole rings is 1. The largest absolute Gasteiger partial charge is 0.395 e. The Kier molecular flexibility index (Phi) is 3.41. The minimum atomic E-state index is -0.340. The maximum atomic E-state index is 12.2. The van der Waals surface area contributed by atoms with E-state index in [1.54, 1.807) is 24.5 Å². The lowest BCUT2D eigenvalue weighted by atomic mass is 10.2. The van der Waals surface area contributed by atoms with Gasteiger partial charge in [0.1, 0.15) is 5.01 Å². The fourth-order valence-corrected chi connectivity index (χ4v) is 2.53. The molecule has 0 aliphatic rings. The molecule has 7 heteroatoms. The number of aryl methyl sites for hydroxylation is 1. The quantitative estimate of drug-likeness (QED) is 0.692. The number of rotatable bonds is 3. The molecule has 0 radical (unpaired) electrons. The highest BCUT2D eigenvalue weighted by Crippen LogP contribution is 2.25. The average Bonchev–Trinajstić information content (AvgIpc) is 3.11. The number of amides is 1. The first-order chi connectivity index (χ1) is 10.1. The minimum Gasteiger partial charge on any atom is -0.395 e. The number of anilines is 2. The molecule has 2 aromatic heterocycles. The van der Waals surface area contributed by atoms with Crippen molar-refractivity contribution >= 4 is 28.6 Å². The van der Waals surface area contributed by atoms with Crippen LogP contribution in [0.3, 0.4) is 0 Å². The predicted octanol–water partition coefficient (Wildman–Crippen LogP) is 2.68. The van der Waals surface area contributed by atoms with Crippen LogP contribution in [0.1, 0.15) is 16.2 Å². The van der Waals surface area contributed by atoms with Crippen LogP contribution in [0.4, 0.5) is 11.4 Å². The molecule has 3 aromatic rings.